The van der Waals surface area contributed by atoms with E-state index in [0.29, 0.717) is 11.2 Å². The maximum Gasteiger partial charge on any atom is 0.310 e. The third kappa shape index (κ3) is 3.93. The molecule has 8 heteroatoms. The van der Waals surface area contributed by atoms with Gasteiger partial charge in [0.05, 0.1) is 31.1 Å². The molecule has 1 N–H and O–H groups in total. The van der Waals surface area contributed by atoms with Gasteiger partial charge in [0.15, 0.2) is 9.84 Å². The molecule has 0 aliphatic carbocycles. The third-order valence-corrected chi connectivity index (χ3v) is 5.93. The normalized spacial score (nSPS) is 12.9. The van der Waals surface area contributed by atoms with E-state index in [1.165, 1.54) is 19.2 Å². The zero-order chi connectivity index (χ0) is 20.5. The first-order chi connectivity index (χ1) is 13.2. The van der Waals surface area contributed by atoms with Crippen LogP contribution in [0.2, 0.25) is 0 Å². The molecule has 2 aromatic heterocycles. The molecule has 0 radical (unpaired) electrons. The van der Waals surface area contributed by atoms with Crippen molar-refractivity contribution in [2.24, 2.45) is 0 Å². The van der Waals surface area contributed by atoms with Crippen LogP contribution in [0.3, 0.4) is 0 Å². The van der Waals surface area contributed by atoms with Gasteiger partial charge in [-0.2, -0.15) is 0 Å². The van der Waals surface area contributed by atoms with Gasteiger partial charge in [-0.15, -0.1) is 0 Å². The SMILES string of the molecule is COC(=O)Cc1c(C)n(CC(O)c2ccc(S(C)(=O)=O)cc2)c2ncccc12. The van der Waals surface area contributed by atoms with Crippen LogP contribution in [-0.2, 0) is 32.3 Å². The van der Waals surface area contributed by atoms with Gasteiger partial charge in [-0.25, -0.2) is 13.4 Å². The number of fused-ring (bicyclic) bond motifs is 1. The number of sulfone groups is 1. The summed E-state index contributed by atoms with van der Waals surface area (Å²) in [5.41, 5.74) is 2.91. The molecule has 0 spiro atoms. The first-order valence-corrected chi connectivity index (χ1v) is 10.6. The second kappa shape index (κ2) is 7.73. The van der Waals surface area contributed by atoms with Gasteiger partial charge in [-0.1, -0.05) is 12.1 Å². The number of nitrogens with zero attached hydrogens (tertiary/aromatic N) is 2. The highest BCUT2D eigenvalue weighted by Gasteiger charge is 2.20. The summed E-state index contributed by atoms with van der Waals surface area (Å²) in [7, 11) is -1.94. The molecule has 0 aliphatic rings. The van der Waals surface area contributed by atoms with Crippen LogP contribution in [0.1, 0.15) is 22.9 Å². The van der Waals surface area contributed by atoms with Gasteiger partial charge in [-0.05, 0) is 42.3 Å². The molecule has 0 saturated heterocycles. The number of aliphatic hydroxyl groups excluding tert-OH is 1. The predicted octanol–water partition coefficient (Wildman–Crippen LogP) is 2.20. The van der Waals surface area contributed by atoms with E-state index in [0.717, 1.165) is 22.9 Å². The van der Waals surface area contributed by atoms with E-state index in [9.17, 15) is 18.3 Å². The fourth-order valence-electron chi connectivity index (χ4n) is 3.24. The standard InChI is InChI=1S/C20H22N2O5S/c1-13-17(11-19(24)27-2)16-5-4-10-21-20(16)22(13)12-18(23)14-6-8-15(9-7-14)28(3,25)26/h4-10,18,23H,11-12H2,1-3H3. The lowest BCUT2D eigenvalue weighted by atomic mass is 10.1. The lowest BCUT2D eigenvalue weighted by molar-refractivity contribution is -0.139. The van der Waals surface area contributed by atoms with Crippen LogP contribution in [0, 0.1) is 6.92 Å². The monoisotopic (exact) mass is 402 g/mol. The van der Waals surface area contributed by atoms with Crippen molar-refractivity contribution < 1.29 is 23.1 Å². The van der Waals surface area contributed by atoms with Crippen LogP contribution in [-0.4, -0.2) is 42.4 Å². The molecule has 0 saturated carbocycles. The molecule has 1 unspecified atom stereocenters. The minimum absolute atomic E-state index is 0.122. The quantitative estimate of drug-likeness (QED) is 0.635. The van der Waals surface area contributed by atoms with E-state index >= 15 is 0 Å². The van der Waals surface area contributed by atoms with Gasteiger partial charge < -0.3 is 14.4 Å². The molecule has 3 aromatic rings. The number of methoxy groups -OCH3 is 1. The highest BCUT2D eigenvalue weighted by molar-refractivity contribution is 7.90. The van der Waals surface area contributed by atoms with Gasteiger partial charge in [-0.3, -0.25) is 4.79 Å². The molecule has 0 amide bonds. The first kappa shape index (κ1) is 20.0. The van der Waals surface area contributed by atoms with Crippen molar-refractivity contribution in [2.45, 2.75) is 30.9 Å². The van der Waals surface area contributed by atoms with E-state index < -0.39 is 15.9 Å². The Morgan fingerprint density at radius 3 is 2.54 bits per heavy atom. The van der Waals surface area contributed by atoms with Crippen LogP contribution in [0.5, 0.6) is 0 Å². The summed E-state index contributed by atoms with van der Waals surface area (Å²) in [6.07, 6.45) is 2.06. The highest BCUT2D eigenvalue weighted by atomic mass is 32.2. The van der Waals surface area contributed by atoms with Crippen molar-refractivity contribution in [3.05, 3.63) is 59.4 Å². The molecule has 0 bridgehead atoms. The minimum atomic E-state index is -3.29. The zero-order valence-electron chi connectivity index (χ0n) is 15.9. The second-order valence-electron chi connectivity index (χ2n) is 6.66. The lowest BCUT2D eigenvalue weighted by Crippen LogP contribution is -2.12. The number of esters is 1. The fraction of sp³-hybridized carbons (Fsp3) is 0.300. The zero-order valence-corrected chi connectivity index (χ0v) is 16.7. The number of aromatic nitrogens is 2. The number of ether oxygens (including phenoxy) is 1. The topological polar surface area (TPSA) is 98.5 Å². The Hall–Kier alpha value is -2.71. The summed E-state index contributed by atoms with van der Waals surface area (Å²) in [6.45, 7) is 2.10. The number of rotatable bonds is 6. The Labute approximate surface area is 163 Å². The van der Waals surface area contributed by atoms with E-state index in [1.807, 2.05) is 17.6 Å². The average molecular weight is 402 g/mol. The number of carbonyl (C=O) groups excluding carboxylic acids is 1. The molecule has 28 heavy (non-hydrogen) atoms. The van der Waals surface area contributed by atoms with Crippen molar-refractivity contribution in [1.82, 2.24) is 9.55 Å². The van der Waals surface area contributed by atoms with Gasteiger partial charge in [0.25, 0.3) is 0 Å². The number of aliphatic hydroxyl groups is 1. The maximum absolute atomic E-state index is 11.8. The summed E-state index contributed by atoms with van der Waals surface area (Å²) < 4.78 is 29.9. The Balaban J connectivity index is 1.95. The Kier molecular flexibility index (Phi) is 5.53. The summed E-state index contributed by atoms with van der Waals surface area (Å²) >= 11 is 0. The van der Waals surface area contributed by atoms with Crippen molar-refractivity contribution >= 4 is 26.8 Å². The molecule has 3 rings (SSSR count). The van der Waals surface area contributed by atoms with Crippen LogP contribution < -0.4 is 0 Å². The molecule has 0 aliphatic heterocycles. The molecule has 0 fully saturated rings. The molecule has 2 heterocycles. The number of carbonyl (C=O) groups is 1. The van der Waals surface area contributed by atoms with E-state index in [2.05, 4.69) is 4.98 Å². The molecule has 148 valence electrons. The third-order valence-electron chi connectivity index (χ3n) is 4.81. The van der Waals surface area contributed by atoms with Crippen molar-refractivity contribution in [3.63, 3.8) is 0 Å². The number of benzene rings is 1. The molecule has 1 aromatic carbocycles. The highest BCUT2D eigenvalue weighted by Crippen LogP contribution is 2.28. The summed E-state index contributed by atoms with van der Waals surface area (Å²) in [6, 6.07) is 9.85. The van der Waals surface area contributed by atoms with Crippen LogP contribution in [0.25, 0.3) is 11.0 Å². The Morgan fingerprint density at radius 1 is 1.25 bits per heavy atom. The lowest BCUT2D eigenvalue weighted by Gasteiger charge is -2.15. The summed E-state index contributed by atoms with van der Waals surface area (Å²) in [5.74, 6) is -0.345. The molecule has 1 atom stereocenters. The Bertz CT molecular complexity index is 1120. The van der Waals surface area contributed by atoms with Crippen LogP contribution in [0.4, 0.5) is 0 Å². The van der Waals surface area contributed by atoms with E-state index in [4.69, 9.17) is 4.74 Å². The maximum atomic E-state index is 11.8. The number of hydrogen-bond acceptors (Lipinski definition) is 6. The second-order valence-corrected chi connectivity index (χ2v) is 8.67. The Morgan fingerprint density at radius 2 is 1.93 bits per heavy atom. The van der Waals surface area contributed by atoms with E-state index in [-0.39, 0.29) is 23.8 Å². The molecule has 7 nitrogen and oxygen atoms in total. The number of pyridine rings is 1. The van der Waals surface area contributed by atoms with Crippen molar-refractivity contribution in [2.75, 3.05) is 13.4 Å². The first-order valence-electron chi connectivity index (χ1n) is 8.70. The summed E-state index contributed by atoms with van der Waals surface area (Å²) in [5, 5.41) is 11.5. The average Bonchev–Trinajstić information content (AvgIpc) is 2.93. The van der Waals surface area contributed by atoms with Crippen LogP contribution in [0.15, 0.2) is 47.5 Å². The fourth-order valence-corrected chi connectivity index (χ4v) is 3.87. The van der Waals surface area contributed by atoms with Gasteiger partial charge in [0.2, 0.25) is 0 Å². The molecular weight excluding hydrogens is 380 g/mol. The molecular formula is C20H22N2O5S. The van der Waals surface area contributed by atoms with Crippen LogP contribution >= 0.6 is 0 Å². The predicted molar refractivity (Wildman–Crippen MR) is 105 cm³/mol. The summed E-state index contributed by atoms with van der Waals surface area (Å²) in [4.78, 5) is 16.4. The van der Waals surface area contributed by atoms with Gasteiger partial charge in [0.1, 0.15) is 5.65 Å². The smallest absolute Gasteiger partial charge is 0.310 e. The number of hydrogen-bond donors (Lipinski definition) is 1. The van der Waals surface area contributed by atoms with Gasteiger partial charge in [0, 0.05) is 23.5 Å². The largest absolute Gasteiger partial charge is 0.469 e. The van der Waals surface area contributed by atoms with Gasteiger partial charge >= 0.3 is 5.97 Å². The van der Waals surface area contributed by atoms with E-state index in [1.54, 1.807) is 24.4 Å². The van der Waals surface area contributed by atoms with Crippen molar-refractivity contribution in [3.8, 4) is 0 Å². The van der Waals surface area contributed by atoms with Crippen molar-refractivity contribution in [1.29, 1.82) is 0 Å². The minimum Gasteiger partial charge on any atom is -0.469 e.